The van der Waals surface area contributed by atoms with E-state index in [9.17, 15) is 0 Å². The molecule has 0 aliphatic rings. The van der Waals surface area contributed by atoms with Crippen LogP contribution in [-0.2, 0) is 0 Å². The minimum atomic E-state index is -1.31. The van der Waals surface area contributed by atoms with Crippen LogP contribution < -0.4 is 4.65 Å². The molecule has 0 fully saturated rings. The third-order valence-corrected chi connectivity index (χ3v) is 23.0. The molecule has 1 nitrogen and oxygen atoms in total. The highest BCUT2D eigenvalue weighted by Gasteiger charge is 2.38. The van der Waals surface area contributed by atoms with Gasteiger partial charge in [-0.15, -0.1) is 0 Å². The summed E-state index contributed by atoms with van der Waals surface area (Å²) in [5, 5.41) is 0. The molecule has 41 heavy (non-hydrogen) atoms. The van der Waals surface area contributed by atoms with E-state index >= 15 is 0 Å². The van der Waals surface area contributed by atoms with E-state index in [1.165, 1.54) is 191 Å². The van der Waals surface area contributed by atoms with Gasteiger partial charge < -0.3 is 4.65 Å². The maximum Gasteiger partial charge on any atom is 0.118 e. The van der Waals surface area contributed by atoms with Crippen LogP contribution in [0.3, 0.4) is 0 Å². The highest BCUT2D eigenvalue weighted by Crippen LogP contribution is 2.29. The Morgan fingerprint density at radius 2 is 0.463 bits per heavy atom. The molecule has 0 heterocycles. The Balaban J connectivity index is 4.12. The molecule has 0 aromatic carbocycles. The molecule has 0 rings (SSSR count). The molecule has 0 unspecified atom stereocenters. The van der Waals surface area contributed by atoms with Gasteiger partial charge in [0.15, 0.2) is 0 Å². The first-order valence-electron chi connectivity index (χ1n) is 19.9. The lowest BCUT2D eigenvalue weighted by atomic mass is 10.1. The van der Waals surface area contributed by atoms with E-state index in [1.54, 1.807) is 12.1 Å². The molecule has 0 atom stereocenters. The highest BCUT2D eigenvalue weighted by molar-refractivity contribution is 6.93. The lowest BCUT2D eigenvalue weighted by Crippen LogP contribution is -2.63. The molecule has 0 saturated carbocycles. The second kappa shape index (κ2) is 30.4. The molecule has 0 amide bonds. The van der Waals surface area contributed by atoms with E-state index in [2.05, 4.69) is 46.2 Å². The normalized spacial score (nSPS) is 12.4. The van der Waals surface area contributed by atoms with Gasteiger partial charge in [0.1, 0.15) is 16.5 Å². The van der Waals surface area contributed by atoms with Crippen LogP contribution in [0.1, 0.15) is 208 Å². The van der Waals surface area contributed by atoms with E-state index in [-0.39, 0.29) is 0 Å². The Hall–Kier alpha value is 0.394. The molecule has 0 aromatic heterocycles. The van der Waals surface area contributed by atoms with Gasteiger partial charge in [0.05, 0.1) is 0 Å². The maximum absolute atomic E-state index is 4.64. The SMILES string of the molecule is CCCCCCCCCCCCCCC[Si](CC)(CC)N[Si](CC)(CC)CCCCCCCCCCCCCCC. The van der Waals surface area contributed by atoms with Gasteiger partial charge in [-0.3, -0.25) is 0 Å². The number of unbranched alkanes of at least 4 members (excludes halogenated alkanes) is 24. The van der Waals surface area contributed by atoms with E-state index in [0.717, 1.165) is 0 Å². The highest BCUT2D eigenvalue weighted by atomic mass is 28.4. The van der Waals surface area contributed by atoms with Gasteiger partial charge in [0.2, 0.25) is 0 Å². The third-order valence-electron chi connectivity index (χ3n) is 10.8. The van der Waals surface area contributed by atoms with Gasteiger partial charge in [-0.1, -0.05) is 208 Å². The lowest BCUT2D eigenvalue weighted by Gasteiger charge is -2.42. The molecule has 0 spiro atoms. The summed E-state index contributed by atoms with van der Waals surface area (Å²) in [6.45, 7) is 14.7. The number of hydrogen-bond acceptors (Lipinski definition) is 1. The first kappa shape index (κ1) is 41.4. The Bertz CT molecular complexity index is 457. The molecule has 0 radical (unpaired) electrons. The molecular weight excluding hydrogens is 527 g/mol. The van der Waals surface area contributed by atoms with Gasteiger partial charge in [-0.05, 0) is 36.3 Å². The zero-order valence-corrected chi connectivity index (χ0v) is 32.1. The molecule has 0 aliphatic carbocycles. The summed E-state index contributed by atoms with van der Waals surface area (Å²) in [6.07, 6.45) is 38.2. The maximum atomic E-state index is 4.64. The van der Waals surface area contributed by atoms with Gasteiger partial charge in [-0.2, -0.15) is 0 Å². The van der Waals surface area contributed by atoms with Gasteiger partial charge in [-0.25, -0.2) is 0 Å². The molecule has 0 aliphatic heterocycles. The molecule has 0 bridgehead atoms. The van der Waals surface area contributed by atoms with Crippen LogP contribution in [0.5, 0.6) is 0 Å². The molecular formula is C38H83NSi2. The van der Waals surface area contributed by atoms with Crippen molar-refractivity contribution < 1.29 is 0 Å². The fourth-order valence-electron chi connectivity index (χ4n) is 7.21. The Kier molecular flexibility index (Phi) is 30.7. The number of nitrogens with one attached hydrogen (secondary N) is 1. The topological polar surface area (TPSA) is 12.0 Å². The van der Waals surface area contributed by atoms with Crippen molar-refractivity contribution in [2.75, 3.05) is 0 Å². The van der Waals surface area contributed by atoms with Crippen molar-refractivity contribution in [1.29, 1.82) is 0 Å². The molecule has 3 heteroatoms. The minimum absolute atomic E-state index is 1.31. The van der Waals surface area contributed by atoms with Crippen molar-refractivity contribution in [2.45, 2.75) is 245 Å². The van der Waals surface area contributed by atoms with E-state index in [4.69, 9.17) is 0 Å². The van der Waals surface area contributed by atoms with Crippen molar-refractivity contribution in [3.05, 3.63) is 0 Å². The Morgan fingerprint density at radius 3 is 0.659 bits per heavy atom. The smallest absolute Gasteiger partial charge is 0.118 e. The predicted octanol–water partition coefficient (Wildman–Crippen LogP) is 14.7. The van der Waals surface area contributed by atoms with Crippen LogP contribution in [0.2, 0.25) is 36.3 Å². The van der Waals surface area contributed by atoms with Crippen LogP contribution in [0.25, 0.3) is 0 Å². The number of hydrogen-bond donors (Lipinski definition) is 1. The molecule has 0 saturated heterocycles. The summed E-state index contributed by atoms with van der Waals surface area (Å²) in [7, 11) is -2.63. The predicted molar refractivity (Wildman–Crippen MR) is 198 cm³/mol. The summed E-state index contributed by atoms with van der Waals surface area (Å²) in [6, 6.07) is 8.91. The first-order valence-corrected chi connectivity index (χ1v) is 25.1. The fourth-order valence-corrected chi connectivity index (χ4v) is 19.8. The summed E-state index contributed by atoms with van der Waals surface area (Å²) in [4.78, 5) is 0. The average Bonchev–Trinajstić information content (AvgIpc) is 3.00. The van der Waals surface area contributed by atoms with Crippen LogP contribution in [0.4, 0.5) is 0 Å². The molecule has 1 N–H and O–H groups in total. The van der Waals surface area contributed by atoms with E-state index in [1.807, 2.05) is 0 Å². The van der Waals surface area contributed by atoms with Crippen LogP contribution >= 0.6 is 0 Å². The van der Waals surface area contributed by atoms with E-state index < -0.39 is 16.5 Å². The summed E-state index contributed by atoms with van der Waals surface area (Å²) in [5.74, 6) is 0. The monoisotopic (exact) mass is 610 g/mol. The molecule has 248 valence electrons. The minimum Gasteiger partial charge on any atom is -0.359 e. The lowest BCUT2D eigenvalue weighted by molar-refractivity contribution is 0.541. The van der Waals surface area contributed by atoms with Crippen LogP contribution in [0, 0.1) is 0 Å². The summed E-state index contributed by atoms with van der Waals surface area (Å²) < 4.78 is 4.64. The van der Waals surface area contributed by atoms with Crippen molar-refractivity contribution in [3.8, 4) is 0 Å². The van der Waals surface area contributed by atoms with Crippen LogP contribution in [-0.4, -0.2) is 16.5 Å². The first-order chi connectivity index (χ1) is 20.1. The standard InChI is InChI=1S/C38H83NSi2/c1-7-13-15-17-19-21-23-25-27-29-31-33-35-37-40(9-3,10-4)39-41(11-5,12-6)38-36-34-32-30-28-26-24-22-20-18-16-14-8-2/h39H,7-38H2,1-6H3. The zero-order chi connectivity index (χ0) is 30.3. The van der Waals surface area contributed by atoms with Gasteiger partial charge in [0.25, 0.3) is 0 Å². The second-order valence-corrected chi connectivity index (χ2v) is 24.0. The molecule has 0 aromatic rings. The second-order valence-electron chi connectivity index (χ2n) is 14.1. The van der Waals surface area contributed by atoms with Gasteiger partial charge in [0, 0.05) is 0 Å². The average molecular weight is 610 g/mol. The number of rotatable bonds is 34. The van der Waals surface area contributed by atoms with Crippen molar-refractivity contribution in [2.24, 2.45) is 0 Å². The zero-order valence-electron chi connectivity index (χ0n) is 30.1. The van der Waals surface area contributed by atoms with E-state index in [0.29, 0.717) is 0 Å². The van der Waals surface area contributed by atoms with Crippen LogP contribution in [0.15, 0.2) is 0 Å². The summed E-state index contributed by atoms with van der Waals surface area (Å²) >= 11 is 0. The van der Waals surface area contributed by atoms with Crippen molar-refractivity contribution >= 4 is 16.5 Å². The largest absolute Gasteiger partial charge is 0.359 e. The third kappa shape index (κ3) is 23.4. The quantitative estimate of drug-likeness (QED) is 0.0565. The summed E-state index contributed by atoms with van der Waals surface area (Å²) in [5.41, 5.74) is 0. The Morgan fingerprint density at radius 1 is 0.268 bits per heavy atom. The fraction of sp³-hybridized carbons (Fsp3) is 1.00. The van der Waals surface area contributed by atoms with Gasteiger partial charge >= 0.3 is 0 Å². The Labute approximate surface area is 265 Å². The van der Waals surface area contributed by atoms with Crippen molar-refractivity contribution in [1.82, 2.24) is 4.65 Å². The van der Waals surface area contributed by atoms with Crippen molar-refractivity contribution in [3.63, 3.8) is 0 Å².